The molecule has 0 unspecified atom stereocenters. The molecule has 0 aliphatic carbocycles. The van der Waals surface area contributed by atoms with E-state index in [-0.39, 0.29) is 5.91 Å². The zero-order chi connectivity index (χ0) is 15.4. The third kappa shape index (κ3) is 3.15. The summed E-state index contributed by atoms with van der Waals surface area (Å²) in [6.45, 7) is 3.69. The lowest BCUT2D eigenvalue weighted by molar-refractivity contribution is 0.102. The van der Waals surface area contributed by atoms with Gasteiger partial charge in [-0.3, -0.25) is 4.79 Å². The van der Waals surface area contributed by atoms with Crippen molar-refractivity contribution in [1.82, 2.24) is 10.2 Å². The maximum atomic E-state index is 12.4. The third-order valence-corrected chi connectivity index (χ3v) is 3.00. The van der Waals surface area contributed by atoms with E-state index in [4.69, 9.17) is 11.0 Å². The molecule has 0 aliphatic rings. The van der Waals surface area contributed by atoms with Crippen LogP contribution in [-0.2, 0) is 6.42 Å². The first-order valence-corrected chi connectivity index (χ1v) is 6.49. The van der Waals surface area contributed by atoms with Crippen molar-refractivity contribution in [3.63, 3.8) is 0 Å². The number of rotatable bonds is 3. The van der Waals surface area contributed by atoms with Crippen molar-refractivity contribution in [2.45, 2.75) is 20.3 Å². The number of hydrogen-bond donors (Lipinski definition) is 2. The number of aryl methyl sites for hydroxylation is 2. The highest BCUT2D eigenvalue weighted by Crippen LogP contribution is 2.21. The number of nitriles is 1. The summed E-state index contributed by atoms with van der Waals surface area (Å²) in [4.78, 5) is 12.4. The Morgan fingerprint density at radius 3 is 2.76 bits per heavy atom. The number of benzene rings is 1. The minimum atomic E-state index is -0.291. The molecule has 21 heavy (non-hydrogen) atoms. The van der Waals surface area contributed by atoms with Gasteiger partial charge >= 0.3 is 0 Å². The third-order valence-electron chi connectivity index (χ3n) is 3.00. The molecule has 1 heterocycles. The van der Waals surface area contributed by atoms with Crippen molar-refractivity contribution in [2.75, 3.05) is 11.1 Å². The molecular formula is C15H15N5O. The van der Waals surface area contributed by atoms with Gasteiger partial charge in [0.2, 0.25) is 0 Å². The van der Waals surface area contributed by atoms with Gasteiger partial charge in [0.05, 0.1) is 40.0 Å². The summed E-state index contributed by atoms with van der Waals surface area (Å²) in [7, 11) is 0. The van der Waals surface area contributed by atoms with Crippen molar-refractivity contribution in [2.24, 2.45) is 0 Å². The molecule has 0 spiro atoms. The van der Waals surface area contributed by atoms with Crippen molar-refractivity contribution in [3.05, 3.63) is 46.8 Å². The first-order chi connectivity index (χ1) is 10.0. The SMILES string of the molecule is CCc1nnc(C)cc1C(=O)Nc1ccc(C#N)cc1N. The van der Waals surface area contributed by atoms with Gasteiger partial charge in [-0.1, -0.05) is 6.92 Å². The normalized spacial score (nSPS) is 9.95. The molecule has 0 saturated heterocycles. The minimum Gasteiger partial charge on any atom is -0.397 e. The number of amides is 1. The van der Waals surface area contributed by atoms with Gasteiger partial charge in [-0.05, 0) is 37.6 Å². The average molecular weight is 281 g/mol. The second-order valence-corrected chi connectivity index (χ2v) is 4.57. The van der Waals surface area contributed by atoms with Crippen LogP contribution in [0.4, 0.5) is 11.4 Å². The van der Waals surface area contributed by atoms with Crippen molar-refractivity contribution < 1.29 is 4.79 Å². The molecule has 106 valence electrons. The van der Waals surface area contributed by atoms with Gasteiger partial charge in [0.1, 0.15) is 0 Å². The van der Waals surface area contributed by atoms with Crippen LogP contribution in [0.2, 0.25) is 0 Å². The highest BCUT2D eigenvalue weighted by molar-refractivity contribution is 6.06. The lowest BCUT2D eigenvalue weighted by atomic mass is 10.1. The molecule has 6 heteroatoms. The summed E-state index contributed by atoms with van der Waals surface area (Å²) in [6.07, 6.45) is 0.610. The fourth-order valence-corrected chi connectivity index (χ4v) is 1.91. The van der Waals surface area contributed by atoms with Crippen LogP contribution in [0.1, 0.15) is 34.2 Å². The van der Waals surface area contributed by atoms with Crippen LogP contribution in [0.3, 0.4) is 0 Å². The van der Waals surface area contributed by atoms with Gasteiger partial charge in [0.25, 0.3) is 5.91 Å². The van der Waals surface area contributed by atoms with Gasteiger partial charge in [-0.15, -0.1) is 0 Å². The molecule has 0 aliphatic heterocycles. The van der Waals surface area contributed by atoms with Crippen molar-refractivity contribution in [3.8, 4) is 6.07 Å². The van der Waals surface area contributed by atoms with Crippen LogP contribution >= 0.6 is 0 Å². The molecule has 2 aromatic rings. The fraction of sp³-hybridized carbons (Fsp3) is 0.200. The first kappa shape index (κ1) is 14.5. The van der Waals surface area contributed by atoms with Crippen molar-refractivity contribution in [1.29, 1.82) is 5.26 Å². The van der Waals surface area contributed by atoms with Gasteiger partial charge in [-0.25, -0.2) is 0 Å². The Hall–Kier alpha value is -2.94. The van der Waals surface area contributed by atoms with E-state index in [1.165, 1.54) is 6.07 Å². The fourth-order valence-electron chi connectivity index (χ4n) is 1.91. The number of aromatic nitrogens is 2. The van der Waals surface area contributed by atoms with E-state index in [0.717, 1.165) is 0 Å². The number of hydrogen-bond acceptors (Lipinski definition) is 5. The summed E-state index contributed by atoms with van der Waals surface area (Å²) >= 11 is 0. The molecule has 1 aromatic carbocycles. The lowest BCUT2D eigenvalue weighted by Gasteiger charge is -2.10. The Morgan fingerprint density at radius 2 is 2.14 bits per heavy atom. The predicted octanol–water partition coefficient (Wildman–Crippen LogP) is 2.05. The Kier molecular flexibility index (Phi) is 4.14. The number of nitrogen functional groups attached to an aromatic ring is 1. The van der Waals surface area contributed by atoms with Gasteiger partial charge in [-0.2, -0.15) is 15.5 Å². The summed E-state index contributed by atoms with van der Waals surface area (Å²) in [5, 5.41) is 19.5. The first-order valence-electron chi connectivity index (χ1n) is 6.49. The summed E-state index contributed by atoms with van der Waals surface area (Å²) in [5.74, 6) is -0.291. The second kappa shape index (κ2) is 6.01. The Labute approximate surface area is 122 Å². The average Bonchev–Trinajstić information content (AvgIpc) is 2.49. The van der Waals surface area contributed by atoms with E-state index in [2.05, 4.69) is 15.5 Å². The van der Waals surface area contributed by atoms with E-state index < -0.39 is 0 Å². The van der Waals surface area contributed by atoms with Crippen LogP contribution in [0.15, 0.2) is 24.3 Å². The van der Waals surface area contributed by atoms with Crippen LogP contribution < -0.4 is 11.1 Å². The molecule has 1 aromatic heterocycles. The monoisotopic (exact) mass is 281 g/mol. The summed E-state index contributed by atoms with van der Waals surface area (Å²) < 4.78 is 0. The molecule has 0 fully saturated rings. The largest absolute Gasteiger partial charge is 0.397 e. The lowest BCUT2D eigenvalue weighted by Crippen LogP contribution is -2.17. The Balaban J connectivity index is 2.30. The molecule has 1 amide bonds. The molecule has 0 saturated carbocycles. The smallest absolute Gasteiger partial charge is 0.257 e. The zero-order valence-corrected chi connectivity index (χ0v) is 11.8. The minimum absolute atomic E-state index is 0.291. The number of anilines is 2. The quantitative estimate of drug-likeness (QED) is 0.838. The predicted molar refractivity (Wildman–Crippen MR) is 79.7 cm³/mol. The number of carbonyl (C=O) groups is 1. The number of nitrogens with one attached hydrogen (secondary N) is 1. The Morgan fingerprint density at radius 1 is 1.38 bits per heavy atom. The standard InChI is InChI=1S/C15H15N5O/c1-3-13-11(6-9(2)19-20-13)15(21)18-14-5-4-10(8-16)7-12(14)17/h4-7H,3,17H2,1-2H3,(H,18,21). The molecule has 0 bridgehead atoms. The molecule has 0 atom stereocenters. The van der Waals surface area contributed by atoms with Crippen LogP contribution in [0.25, 0.3) is 0 Å². The van der Waals surface area contributed by atoms with E-state index in [9.17, 15) is 4.79 Å². The van der Waals surface area contributed by atoms with Crippen LogP contribution in [-0.4, -0.2) is 16.1 Å². The van der Waals surface area contributed by atoms with Crippen LogP contribution in [0.5, 0.6) is 0 Å². The van der Waals surface area contributed by atoms with Gasteiger partial charge in [0, 0.05) is 0 Å². The summed E-state index contributed by atoms with van der Waals surface area (Å²) in [6, 6.07) is 8.42. The number of nitrogens with two attached hydrogens (primary N) is 1. The molecule has 6 nitrogen and oxygen atoms in total. The van der Waals surface area contributed by atoms with E-state index in [1.54, 1.807) is 25.1 Å². The maximum absolute atomic E-state index is 12.4. The number of carbonyl (C=O) groups excluding carboxylic acids is 1. The second-order valence-electron chi connectivity index (χ2n) is 4.57. The highest BCUT2D eigenvalue weighted by Gasteiger charge is 2.14. The van der Waals surface area contributed by atoms with E-state index >= 15 is 0 Å². The van der Waals surface area contributed by atoms with E-state index in [1.807, 2.05) is 13.0 Å². The molecular weight excluding hydrogens is 266 g/mol. The van der Waals surface area contributed by atoms with Gasteiger partial charge in [0.15, 0.2) is 0 Å². The number of nitrogens with zero attached hydrogens (tertiary/aromatic N) is 3. The molecule has 2 rings (SSSR count). The van der Waals surface area contributed by atoms with E-state index in [0.29, 0.717) is 40.3 Å². The van der Waals surface area contributed by atoms with Crippen molar-refractivity contribution >= 4 is 17.3 Å². The van der Waals surface area contributed by atoms with Gasteiger partial charge < -0.3 is 11.1 Å². The topological polar surface area (TPSA) is 105 Å². The molecule has 3 N–H and O–H groups in total. The molecule has 0 radical (unpaired) electrons. The highest BCUT2D eigenvalue weighted by atomic mass is 16.1. The van der Waals surface area contributed by atoms with Crippen LogP contribution in [0, 0.1) is 18.3 Å². The summed E-state index contributed by atoms with van der Waals surface area (Å²) in [5.41, 5.74) is 8.87. The Bertz CT molecular complexity index is 733. The maximum Gasteiger partial charge on any atom is 0.257 e. The zero-order valence-electron chi connectivity index (χ0n) is 11.8.